The standard InChI is InChI=1S/C17H15F3S/c1-21-14-8-4-12(5-9-14)16-10-15(16)11-2-6-13(7-3-11)17(18,19)20/h2-9,15-16H,10H2,1H3. The Balaban J connectivity index is 1.72. The first kappa shape index (κ1) is 14.5. The van der Waals surface area contributed by atoms with Gasteiger partial charge < -0.3 is 0 Å². The number of hydrogen-bond donors (Lipinski definition) is 0. The van der Waals surface area contributed by atoms with E-state index in [-0.39, 0.29) is 0 Å². The lowest BCUT2D eigenvalue weighted by Gasteiger charge is -2.07. The van der Waals surface area contributed by atoms with Crippen LogP contribution in [-0.4, -0.2) is 6.26 Å². The van der Waals surface area contributed by atoms with Crippen LogP contribution in [0.3, 0.4) is 0 Å². The predicted octanol–water partition coefficient (Wildman–Crippen LogP) is 5.70. The Labute approximate surface area is 126 Å². The highest BCUT2D eigenvalue weighted by Crippen LogP contribution is 2.54. The second-order valence-corrected chi connectivity index (χ2v) is 6.22. The fourth-order valence-corrected chi connectivity index (χ4v) is 3.11. The smallest absolute Gasteiger partial charge is 0.166 e. The van der Waals surface area contributed by atoms with Gasteiger partial charge in [0.05, 0.1) is 5.56 Å². The molecule has 1 aliphatic rings. The van der Waals surface area contributed by atoms with Gasteiger partial charge in [0.2, 0.25) is 0 Å². The lowest BCUT2D eigenvalue weighted by atomic mass is 10.0. The molecule has 0 radical (unpaired) electrons. The maximum atomic E-state index is 12.5. The molecule has 21 heavy (non-hydrogen) atoms. The second kappa shape index (κ2) is 5.41. The summed E-state index contributed by atoms with van der Waals surface area (Å²) in [7, 11) is 0. The molecule has 0 bridgehead atoms. The van der Waals surface area contributed by atoms with Crippen molar-refractivity contribution in [3.05, 3.63) is 65.2 Å². The molecule has 2 aromatic carbocycles. The zero-order valence-electron chi connectivity index (χ0n) is 11.5. The van der Waals surface area contributed by atoms with Crippen LogP contribution in [0.2, 0.25) is 0 Å². The van der Waals surface area contributed by atoms with Crippen molar-refractivity contribution in [3.63, 3.8) is 0 Å². The molecule has 2 atom stereocenters. The van der Waals surface area contributed by atoms with E-state index < -0.39 is 11.7 Å². The van der Waals surface area contributed by atoms with Gasteiger partial charge in [-0.15, -0.1) is 11.8 Å². The van der Waals surface area contributed by atoms with Gasteiger partial charge in [-0.1, -0.05) is 24.3 Å². The van der Waals surface area contributed by atoms with Crippen LogP contribution in [0, 0.1) is 0 Å². The van der Waals surface area contributed by atoms with E-state index in [0.717, 1.165) is 12.0 Å². The minimum Gasteiger partial charge on any atom is -0.166 e. The molecule has 1 saturated carbocycles. The first-order valence-corrected chi connectivity index (χ1v) is 8.02. The largest absolute Gasteiger partial charge is 0.416 e. The Morgan fingerprint density at radius 3 is 1.76 bits per heavy atom. The van der Waals surface area contributed by atoms with Gasteiger partial charge in [0.15, 0.2) is 0 Å². The van der Waals surface area contributed by atoms with Crippen LogP contribution in [0.4, 0.5) is 13.2 Å². The van der Waals surface area contributed by atoms with Gasteiger partial charge in [-0.2, -0.15) is 13.2 Å². The molecule has 3 rings (SSSR count). The van der Waals surface area contributed by atoms with Crippen molar-refractivity contribution < 1.29 is 13.2 Å². The summed E-state index contributed by atoms with van der Waals surface area (Å²) in [5.74, 6) is 0.796. The quantitative estimate of drug-likeness (QED) is 0.656. The third-order valence-corrected chi connectivity index (χ3v) is 4.74. The van der Waals surface area contributed by atoms with E-state index in [1.54, 1.807) is 23.9 Å². The maximum Gasteiger partial charge on any atom is 0.416 e. The number of alkyl halides is 3. The van der Waals surface area contributed by atoms with Gasteiger partial charge in [-0.05, 0) is 59.9 Å². The highest BCUT2D eigenvalue weighted by molar-refractivity contribution is 7.98. The fourth-order valence-electron chi connectivity index (χ4n) is 2.70. The molecule has 2 aromatic rings. The van der Waals surface area contributed by atoms with Crippen molar-refractivity contribution >= 4 is 11.8 Å². The molecule has 0 spiro atoms. The lowest BCUT2D eigenvalue weighted by Crippen LogP contribution is -2.04. The lowest BCUT2D eigenvalue weighted by molar-refractivity contribution is -0.137. The number of hydrogen-bond acceptors (Lipinski definition) is 1. The highest BCUT2D eigenvalue weighted by Gasteiger charge is 2.39. The third-order valence-electron chi connectivity index (χ3n) is 4.00. The Hall–Kier alpha value is -1.42. The van der Waals surface area contributed by atoms with Crippen LogP contribution in [0.1, 0.15) is 34.9 Å². The van der Waals surface area contributed by atoms with Gasteiger partial charge >= 0.3 is 6.18 Å². The highest BCUT2D eigenvalue weighted by atomic mass is 32.2. The SMILES string of the molecule is CSc1ccc(C2CC2c2ccc(C(F)(F)F)cc2)cc1. The van der Waals surface area contributed by atoms with Crippen LogP contribution in [0.25, 0.3) is 0 Å². The average Bonchev–Trinajstić information content (AvgIpc) is 3.27. The van der Waals surface area contributed by atoms with Crippen LogP contribution >= 0.6 is 11.8 Å². The molecule has 0 amide bonds. The molecule has 1 fully saturated rings. The van der Waals surface area contributed by atoms with Crippen LogP contribution in [0.15, 0.2) is 53.4 Å². The van der Waals surface area contributed by atoms with Crippen molar-refractivity contribution in [2.24, 2.45) is 0 Å². The normalized spacial score (nSPS) is 21.3. The first-order valence-electron chi connectivity index (χ1n) is 6.80. The predicted molar refractivity (Wildman–Crippen MR) is 79.8 cm³/mol. The topological polar surface area (TPSA) is 0 Å². The summed E-state index contributed by atoms with van der Waals surface area (Å²) in [5, 5.41) is 0. The van der Waals surface area contributed by atoms with Crippen LogP contribution in [-0.2, 0) is 6.18 Å². The van der Waals surface area contributed by atoms with Crippen molar-refractivity contribution in [2.45, 2.75) is 29.3 Å². The molecule has 2 unspecified atom stereocenters. The van der Waals surface area contributed by atoms with Crippen LogP contribution in [0.5, 0.6) is 0 Å². The monoisotopic (exact) mass is 308 g/mol. The minimum absolute atomic E-state index is 0.354. The van der Waals surface area contributed by atoms with E-state index in [9.17, 15) is 13.2 Å². The average molecular weight is 308 g/mol. The maximum absolute atomic E-state index is 12.5. The molecule has 1 aliphatic carbocycles. The third kappa shape index (κ3) is 3.10. The summed E-state index contributed by atoms with van der Waals surface area (Å²) in [6, 6.07) is 14.0. The van der Waals surface area contributed by atoms with Gasteiger partial charge in [0, 0.05) is 4.90 Å². The summed E-state index contributed by atoms with van der Waals surface area (Å²) in [6.45, 7) is 0. The van der Waals surface area contributed by atoms with E-state index in [4.69, 9.17) is 0 Å². The van der Waals surface area contributed by atoms with Crippen molar-refractivity contribution in [2.75, 3.05) is 6.26 Å². The molecule has 0 aromatic heterocycles. The van der Waals surface area contributed by atoms with E-state index in [2.05, 4.69) is 24.3 Å². The molecule has 0 heterocycles. The van der Waals surface area contributed by atoms with Crippen molar-refractivity contribution in [1.82, 2.24) is 0 Å². The first-order chi connectivity index (χ1) is 9.99. The minimum atomic E-state index is -4.25. The summed E-state index contributed by atoms with van der Waals surface area (Å²) >= 11 is 1.70. The Bertz CT molecular complexity index is 614. The zero-order valence-corrected chi connectivity index (χ0v) is 12.3. The molecule has 0 nitrogen and oxygen atoms in total. The van der Waals surface area contributed by atoms with E-state index in [1.165, 1.54) is 22.6 Å². The Morgan fingerprint density at radius 2 is 1.33 bits per heavy atom. The molecule has 4 heteroatoms. The number of rotatable bonds is 3. The summed E-state index contributed by atoms with van der Waals surface area (Å²) < 4.78 is 37.6. The van der Waals surface area contributed by atoms with Gasteiger partial charge in [-0.25, -0.2) is 0 Å². The summed E-state index contributed by atoms with van der Waals surface area (Å²) in [5.41, 5.74) is 1.70. The van der Waals surface area contributed by atoms with Crippen molar-refractivity contribution in [3.8, 4) is 0 Å². The van der Waals surface area contributed by atoms with Gasteiger partial charge in [0.1, 0.15) is 0 Å². The molecule has 110 valence electrons. The summed E-state index contributed by atoms with van der Waals surface area (Å²) in [6.07, 6.45) is -1.20. The fraction of sp³-hybridized carbons (Fsp3) is 0.294. The molecule has 0 aliphatic heterocycles. The Kier molecular flexibility index (Phi) is 3.74. The second-order valence-electron chi connectivity index (χ2n) is 5.34. The summed E-state index contributed by atoms with van der Waals surface area (Å²) in [4.78, 5) is 1.23. The molecular formula is C17H15F3S. The number of halogens is 3. The van der Waals surface area contributed by atoms with Crippen LogP contribution < -0.4 is 0 Å². The van der Waals surface area contributed by atoms with Gasteiger partial charge in [-0.3, -0.25) is 0 Å². The van der Waals surface area contributed by atoms with E-state index in [1.807, 2.05) is 6.26 Å². The van der Waals surface area contributed by atoms with Crippen molar-refractivity contribution in [1.29, 1.82) is 0 Å². The van der Waals surface area contributed by atoms with E-state index >= 15 is 0 Å². The molecule has 0 saturated heterocycles. The Morgan fingerprint density at radius 1 is 0.857 bits per heavy atom. The van der Waals surface area contributed by atoms with Gasteiger partial charge in [0.25, 0.3) is 0 Å². The number of benzene rings is 2. The number of thioether (sulfide) groups is 1. The zero-order chi connectivity index (χ0) is 15.0. The molecule has 0 N–H and O–H groups in total. The van der Waals surface area contributed by atoms with E-state index in [0.29, 0.717) is 11.8 Å². The molecular weight excluding hydrogens is 293 g/mol.